The summed E-state index contributed by atoms with van der Waals surface area (Å²) in [7, 11) is 0. The molecule has 0 radical (unpaired) electrons. The molecule has 1 aromatic rings. The van der Waals surface area contributed by atoms with Gasteiger partial charge in [-0.15, -0.1) is 11.8 Å². The van der Waals surface area contributed by atoms with Crippen molar-refractivity contribution >= 4 is 23.4 Å². The van der Waals surface area contributed by atoms with Crippen LogP contribution in [0, 0.1) is 11.7 Å². The predicted molar refractivity (Wildman–Crippen MR) is 80.5 cm³/mol. The summed E-state index contributed by atoms with van der Waals surface area (Å²) in [5.41, 5.74) is 0.635. The first-order valence-electron chi connectivity index (χ1n) is 6.91. The minimum absolute atomic E-state index is 0.0528. The van der Waals surface area contributed by atoms with Gasteiger partial charge in [0.15, 0.2) is 0 Å². The van der Waals surface area contributed by atoms with Crippen molar-refractivity contribution in [2.24, 2.45) is 5.92 Å². The molecule has 2 unspecified atom stereocenters. The first kappa shape index (κ1) is 15.3. The van der Waals surface area contributed by atoms with Gasteiger partial charge in [-0.1, -0.05) is 13.0 Å². The molecule has 1 aromatic carbocycles. The van der Waals surface area contributed by atoms with Gasteiger partial charge in [0.1, 0.15) is 5.82 Å². The molecule has 2 rings (SSSR count). The highest BCUT2D eigenvalue weighted by Gasteiger charge is 2.30. The number of rotatable bonds is 5. The summed E-state index contributed by atoms with van der Waals surface area (Å²) in [5.74, 6) is 0.692. The zero-order valence-corrected chi connectivity index (χ0v) is 12.4. The Morgan fingerprint density at radius 3 is 3.05 bits per heavy atom. The summed E-state index contributed by atoms with van der Waals surface area (Å²) in [5, 5.41) is 8.96. The van der Waals surface area contributed by atoms with E-state index in [-0.39, 0.29) is 29.5 Å². The summed E-state index contributed by atoms with van der Waals surface area (Å²) in [6, 6.07) is 6.18. The third-order valence-electron chi connectivity index (χ3n) is 3.40. The lowest BCUT2D eigenvalue weighted by molar-refractivity contribution is -0.119. The highest BCUT2D eigenvalue weighted by Crippen LogP contribution is 2.29. The van der Waals surface area contributed by atoms with E-state index in [4.69, 9.17) is 5.11 Å². The van der Waals surface area contributed by atoms with Gasteiger partial charge in [-0.25, -0.2) is 4.39 Å². The van der Waals surface area contributed by atoms with Crippen molar-refractivity contribution < 1.29 is 14.3 Å². The first-order chi connectivity index (χ1) is 9.61. The number of aliphatic hydroxyl groups is 1. The van der Waals surface area contributed by atoms with Crippen LogP contribution in [0.15, 0.2) is 24.3 Å². The normalized spacial score (nSPS) is 21.1. The number of piperidine rings is 1. The molecule has 1 aliphatic heterocycles. The molecule has 2 atom stereocenters. The van der Waals surface area contributed by atoms with Gasteiger partial charge in [0.05, 0.1) is 5.25 Å². The van der Waals surface area contributed by atoms with Crippen LogP contribution in [-0.2, 0) is 4.79 Å². The summed E-state index contributed by atoms with van der Waals surface area (Å²) in [6.45, 7) is 2.75. The van der Waals surface area contributed by atoms with E-state index in [2.05, 4.69) is 0 Å². The van der Waals surface area contributed by atoms with Gasteiger partial charge < -0.3 is 10.0 Å². The highest BCUT2D eigenvalue weighted by molar-refractivity contribution is 8.00. The molecule has 20 heavy (non-hydrogen) atoms. The third-order valence-corrected chi connectivity index (χ3v) is 5.00. The Kier molecular flexibility index (Phi) is 5.43. The molecule has 0 spiro atoms. The molecule has 5 heteroatoms. The zero-order chi connectivity index (χ0) is 14.5. The van der Waals surface area contributed by atoms with E-state index >= 15 is 0 Å². The number of amides is 1. The van der Waals surface area contributed by atoms with Crippen molar-refractivity contribution in [3.63, 3.8) is 0 Å². The van der Waals surface area contributed by atoms with Crippen LogP contribution in [0.5, 0.6) is 0 Å². The Labute approximate surface area is 123 Å². The molecule has 110 valence electrons. The summed E-state index contributed by atoms with van der Waals surface area (Å²) in [6.07, 6.45) is 1.78. The average Bonchev–Trinajstić information content (AvgIpc) is 2.45. The number of hydrogen-bond donors (Lipinski definition) is 1. The van der Waals surface area contributed by atoms with Crippen molar-refractivity contribution in [1.82, 2.24) is 0 Å². The number of hydrogen-bond acceptors (Lipinski definition) is 3. The Morgan fingerprint density at radius 2 is 2.35 bits per heavy atom. The van der Waals surface area contributed by atoms with Gasteiger partial charge >= 0.3 is 0 Å². The Balaban J connectivity index is 2.03. The fraction of sp³-hybridized carbons (Fsp3) is 0.533. The molecule has 0 aliphatic carbocycles. The van der Waals surface area contributed by atoms with Crippen LogP contribution in [0.25, 0.3) is 0 Å². The summed E-state index contributed by atoms with van der Waals surface area (Å²) in [4.78, 5) is 14.1. The van der Waals surface area contributed by atoms with Crippen molar-refractivity contribution in [1.29, 1.82) is 0 Å². The van der Waals surface area contributed by atoms with Gasteiger partial charge in [-0.05, 0) is 42.7 Å². The smallest absolute Gasteiger partial charge is 0.240 e. The third kappa shape index (κ3) is 3.73. The van der Waals surface area contributed by atoms with Crippen LogP contribution in [0.1, 0.15) is 19.8 Å². The van der Waals surface area contributed by atoms with Crippen molar-refractivity contribution in [3.05, 3.63) is 30.1 Å². The molecule has 1 heterocycles. The molecule has 1 fully saturated rings. The van der Waals surface area contributed by atoms with E-state index in [1.807, 2.05) is 6.92 Å². The SMILES string of the molecule is CC(CO)CSC1CCCN(c2cccc(F)c2)C1=O. The number of benzene rings is 1. The molecule has 0 bridgehead atoms. The monoisotopic (exact) mass is 297 g/mol. The maximum atomic E-state index is 13.3. The van der Waals surface area contributed by atoms with E-state index in [1.54, 1.807) is 28.8 Å². The largest absolute Gasteiger partial charge is 0.396 e. The van der Waals surface area contributed by atoms with Crippen molar-refractivity contribution in [2.45, 2.75) is 25.0 Å². The molecular weight excluding hydrogens is 277 g/mol. The van der Waals surface area contributed by atoms with Crippen LogP contribution in [0.3, 0.4) is 0 Å². The van der Waals surface area contributed by atoms with Crippen molar-refractivity contribution in [3.8, 4) is 0 Å². The van der Waals surface area contributed by atoms with E-state index in [9.17, 15) is 9.18 Å². The molecule has 1 aliphatic rings. The van der Waals surface area contributed by atoms with Crippen molar-refractivity contribution in [2.75, 3.05) is 23.8 Å². The molecule has 0 saturated carbocycles. The average molecular weight is 297 g/mol. The fourth-order valence-electron chi connectivity index (χ4n) is 2.23. The quantitative estimate of drug-likeness (QED) is 0.908. The maximum Gasteiger partial charge on any atom is 0.240 e. The molecule has 1 N–H and O–H groups in total. The predicted octanol–water partition coefficient (Wildman–Crippen LogP) is 2.68. The number of halogens is 1. The molecular formula is C15H20FNO2S. The molecule has 3 nitrogen and oxygen atoms in total. The maximum absolute atomic E-state index is 13.3. The number of carbonyl (C=O) groups excluding carboxylic acids is 1. The van der Waals surface area contributed by atoms with E-state index in [0.717, 1.165) is 18.6 Å². The molecule has 0 aromatic heterocycles. The van der Waals surface area contributed by atoms with E-state index in [1.165, 1.54) is 12.1 Å². The second-order valence-corrected chi connectivity index (χ2v) is 6.46. The number of carbonyl (C=O) groups is 1. The van der Waals surface area contributed by atoms with Crippen LogP contribution < -0.4 is 4.90 Å². The van der Waals surface area contributed by atoms with Gasteiger partial charge in [0, 0.05) is 18.8 Å². The fourth-order valence-corrected chi connectivity index (χ4v) is 3.50. The van der Waals surface area contributed by atoms with Crippen LogP contribution in [0.2, 0.25) is 0 Å². The zero-order valence-electron chi connectivity index (χ0n) is 11.6. The molecule has 1 amide bonds. The summed E-state index contributed by atoms with van der Waals surface area (Å²) >= 11 is 1.60. The van der Waals surface area contributed by atoms with E-state index in [0.29, 0.717) is 12.2 Å². The number of nitrogens with zero attached hydrogens (tertiary/aromatic N) is 1. The standard InChI is InChI=1S/C15H20FNO2S/c1-11(9-18)10-20-14-6-3-7-17(15(14)19)13-5-2-4-12(16)8-13/h2,4-5,8,11,14,18H,3,6-7,9-10H2,1H3. The molecule has 1 saturated heterocycles. The minimum atomic E-state index is -0.320. The number of anilines is 1. The summed E-state index contributed by atoms with van der Waals surface area (Å²) < 4.78 is 13.3. The van der Waals surface area contributed by atoms with Gasteiger partial charge in [0.25, 0.3) is 0 Å². The first-order valence-corrected chi connectivity index (χ1v) is 7.96. The topological polar surface area (TPSA) is 40.5 Å². The lowest BCUT2D eigenvalue weighted by atomic mass is 10.1. The Morgan fingerprint density at radius 1 is 1.55 bits per heavy atom. The number of aliphatic hydroxyl groups excluding tert-OH is 1. The lowest BCUT2D eigenvalue weighted by Crippen LogP contribution is -2.43. The minimum Gasteiger partial charge on any atom is -0.396 e. The second kappa shape index (κ2) is 7.09. The van der Waals surface area contributed by atoms with E-state index < -0.39 is 0 Å². The van der Waals surface area contributed by atoms with Crippen LogP contribution >= 0.6 is 11.8 Å². The number of thioether (sulfide) groups is 1. The van der Waals surface area contributed by atoms with Gasteiger partial charge in [-0.3, -0.25) is 4.79 Å². The van der Waals surface area contributed by atoms with Gasteiger partial charge in [0.2, 0.25) is 5.91 Å². The Hall–Kier alpha value is -1.07. The van der Waals surface area contributed by atoms with Crippen LogP contribution in [0.4, 0.5) is 10.1 Å². The Bertz CT molecular complexity index is 469. The highest BCUT2D eigenvalue weighted by atomic mass is 32.2. The second-order valence-electron chi connectivity index (χ2n) is 5.22. The van der Waals surface area contributed by atoms with Crippen LogP contribution in [-0.4, -0.2) is 35.2 Å². The lowest BCUT2D eigenvalue weighted by Gasteiger charge is -2.32. The van der Waals surface area contributed by atoms with Gasteiger partial charge in [-0.2, -0.15) is 0 Å².